The second kappa shape index (κ2) is 11.1. The van der Waals surface area contributed by atoms with Crippen LogP contribution in [0.3, 0.4) is 0 Å². The molecule has 0 fully saturated rings. The molecule has 1 unspecified atom stereocenters. The highest BCUT2D eigenvalue weighted by atomic mass is 31.1. The van der Waals surface area contributed by atoms with Crippen molar-refractivity contribution < 1.29 is 9.09 Å². The first-order valence-electron chi connectivity index (χ1n) is 4.74. The molecule has 7 heteroatoms. The van der Waals surface area contributed by atoms with Crippen LogP contribution in [-0.4, -0.2) is 46.4 Å². The molecule has 0 aliphatic rings. The lowest BCUT2D eigenvalue weighted by molar-refractivity contribution is 0.404. The van der Waals surface area contributed by atoms with Crippen LogP contribution in [0, 0.1) is 0 Å². The van der Waals surface area contributed by atoms with E-state index < -0.39 is 8.18 Å². The second-order valence-corrected chi connectivity index (χ2v) is 4.04. The first-order valence-corrected chi connectivity index (χ1v) is 6.06. The highest BCUT2D eigenvalue weighted by Gasteiger charge is 1.92. The number of nitrogens with one attached hydrogen (secondary N) is 3. The Morgan fingerprint density at radius 3 is 2.29 bits per heavy atom. The van der Waals surface area contributed by atoms with Gasteiger partial charge in [-0.2, -0.15) is 0 Å². The van der Waals surface area contributed by atoms with E-state index in [0.717, 1.165) is 26.2 Å². The van der Waals surface area contributed by atoms with Gasteiger partial charge in [-0.25, -0.2) is 5.09 Å². The third-order valence-electron chi connectivity index (χ3n) is 1.56. The van der Waals surface area contributed by atoms with E-state index in [1.807, 2.05) is 0 Å². The molecule has 5 N–H and O–H groups in total. The average Bonchev–Trinajstić information content (AvgIpc) is 2.21. The minimum atomic E-state index is -2.00. The van der Waals surface area contributed by atoms with Gasteiger partial charge in [0, 0.05) is 46.4 Å². The molecule has 86 valence electrons. The molecule has 0 aromatic rings. The quantitative estimate of drug-likeness (QED) is 0.274. The van der Waals surface area contributed by atoms with Crippen LogP contribution < -0.4 is 21.5 Å². The molecule has 0 rings (SSSR count). The molecule has 0 amide bonds. The van der Waals surface area contributed by atoms with E-state index in [1.165, 1.54) is 7.11 Å². The van der Waals surface area contributed by atoms with Gasteiger partial charge < -0.3 is 20.9 Å². The monoisotopic (exact) mass is 224 g/mol. The van der Waals surface area contributed by atoms with Crippen LogP contribution in [0.15, 0.2) is 0 Å². The van der Waals surface area contributed by atoms with Crippen LogP contribution in [0.2, 0.25) is 0 Å². The van der Waals surface area contributed by atoms with Gasteiger partial charge in [-0.3, -0.25) is 4.57 Å². The Bertz CT molecular complexity index is 148. The molecule has 0 aromatic heterocycles. The number of nitrogens with two attached hydrogens (primary N) is 1. The fourth-order valence-electron chi connectivity index (χ4n) is 0.854. The fraction of sp³-hybridized carbons (Fsp3) is 1.00. The Hall–Kier alpha value is 0.0300. The minimum Gasteiger partial charge on any atom is -0.329 e. The van der Waals surface area contributed by atoms with E-state index in [9.17, 15) is 4.57 Å². The largest absolute Gasteiger partial charge is 0.329 e. The van der Waals surface area contributed by atoms with Crippen LogP contribution in [-0.2, 0) is 9.09 Å². The summed E-state index contributed by atoms with van der Waals surface area (Å²) in [5, 5.41) is 9.09. The summed E-state index contributed by atoms with van der Waals surface area (Å²) in [5.74, 6) is 0. The number of hydrogen-bond acceptors (Lipinski definition) is 5. The Morgan fingerprint density at radius 2 is 1.71 bits per heavy atom. The first-order chi connectivity index (χ1) is 6.81. The molecule has 0 spiro atoms. The molecule has 1 atom stereocenters. The van der Waals surface area contributed by atoms with Crippen molar-refractivity contribution in [1.29, 1.82) is 0 Å². The molecule has 0 saturated heterocycles. The van der Waals surface area contributed by atoms with Crippen molar-refractivity contribution in [2.24, 2.45) is 5.73 Å². The SMILES string of the molecule is CO[PH](=O)NCCNCCNCCN. The topological polar surface area (TPSA) is 88.4 Å². The summed E-state index contributed by atoms with van der Waals surface area (Å²) < 4.78 is 15.4. The van der Waals surface area contributed by atoms with Gasteiger partial charge in [-0.15, -0.1) is 0 Å². The first kappa shape index (κ1) is 14.0. The van der Waals surface area contributed by atoms with Crippen LogP contribution in [0.1, 0.15) is 0 Å². The van der Waals surface area contributed by atoms with Crippen LogP contribution in [0.25, 0.3) is 0 Å². The smallest absolute Gasteiger partial charge is 0.257 e. The van der Waals surface area contributed by atoms with Crippen molar-refractivity contribution in [2.75, 3.05) is 46.4 Å². The average molecular weight is 224 g/mol. The van der Waals surface area contributed by atoms with E-state index in [0.29, 0.717) is 13.1 Å². The molecule has 14 heavy (non-hydrogen) atoms. The van der Waals surface area contributed by atoms with Crippen LogP contribution >= 0.6 is 8.18 Å². The zero-order valence-electron chi connectivity index (χ0n) is 8.64. The number of rotatable bonds is 10. The summed E-state index contributed by atoms with van der Waals surface area (Å²) >= 11 is 0. The van der Waals surface area contributed by atoms with E-state index in [-0.39, 0.29) is 0 Å². The van der Waals surface area contributed by atoms with Gasteiger partial charge in [0.25, 0.3) is 8.18 Å². The second-order valence-electron chi connectivity index (χ2n) is 2.71. The maximum atomic E-state index is 10.8. The van der Waals surface area contributed by atoms with Gasteiger partial charge in [-0.1, -0.05) is 0 Å². The van der Waals surface area contributed by atoms with E-state index in [2.05, 4.69) is 20.2 Å². The van der Waals surface area contributed by atoms with Gasteiger partial charge in [-0.05, 0) is 0 Å². The van der Waals surface area contributed by atoms with Crippen LogP contribution in [0.4, 0.5) is 0 Å². The maximum Gasteiger partial charge on any atom is 0.257 e. The molecular weight excluding hydrogens is 203 g/mol. The lowest BCUT2D eigenvalue weighted by Gasteiger charge is -2.06. The van der Waals surface area contributed by atoms with Crippen molar-refractivity contribution in [2.45, 2.75) is 0 Å². The molecule has 0 aromatic carbocycles. The summed E-state index contributed by atoms with van der Waals surface area (Å²) in [5.41, 5.74) is 5.30. The lowest BCUT2D eigenvalue weighted by Crippen LogP contribution is -2.33. The van der Waals surface area contributed by atoms with E-state index in [4.69, 9.17) is 5.73 Å². The van der Waals surface area contributed by atoms with Gasteiger partial charge in [0.1, 0.15) is 0 Å². The van der Waals surface area contributed by atoms with Gasteiger partial charge in [0.05, 0.1) is 0 Å². The standard InChI is InChI=1S/C7H21N4O2P/c1-13-14(12)11-7-6-10-5-4-9-3-2-8/h9-10,14H,2-8H2,1H3,(H,11,12). The Kier molecular flexibility index (Phi) is 11.1. The molecular formula is C7H21N4O2P. The van der Waals surface area contributed by atoms with Gasteiger partial charge in [0.2, 0.25) is 0 Å². The van der Waals surface area contributed by atoms with Crippen molar-refractivity contribution in [3.8, 4) is 0 Å². The maximum absolute atomic E-state index is 10.8. The molecule has 0 bridgehead atoms. The Balaban J connectivity index is 2.95. The highest BCUT2D eigenvalue weighted by molar-refractivity contribution is 7.36. The Morgan fingerprint density at radius 1 is 1.14 bits per heavy atom. The summed E-state index contributed by atoms with van der Waals surface area (Å²) in [6.45, 7) is 4.73. The van der Waals surface area contributed by atoms with E-state index >= 15 is 0 Å². The normalized spacial score (nSPS) is 13.0. The molecule has 0 radical (unpaired) electrons. The summed E-state index contributed by atoms with van der Waals surface area (Å²) in [6.07, 6.45) is 0. The van der Waals surface area contributed by atoms with Crippen molar-refractivity contribution in [3.63, 3.8) is 0 Å². The van der Waals surface area contributed by atoms with Crippen molar-refractivity contribution in [3.05, 3.63) is 0 Å². The van der Waals surface area contributed by atoms with Gasteiger partial charge in [0.15, 0.2) is 0 Å². The Labute approximate surface area is 85.9 Å². The number of hydrogen-bond donors (Lipinski definition) is 4. The predicted molar refractivity (Wildman–Crippen MR) is 58.8 cm³/mol. The third kappa shape index (κ3) is 10.1. The van der Waals surface area contributed by atoms with Crippen molar-refractivity contribution in [1.82, 2.24) is 15.7 Å². The lowest BCUT2D eigenvalue weighted by atomic mass is 10.5. The zero-order chi connectivity index (χ0) is 10.6. The van der Waals surface area contributed by atoms with Crippen LogP contribution in [0.5, 0.6) is 0 Å². The van der Waals surface area contributed by atoms with Crippen molar-refractivity contribution >= 4 is 8.18 Å². The fourth-order valence-corrected chi connectivity index (χ4v) is 1.33. The summed E-state index contributed by atoms with van der Waals surface area (Å²) in [6, 6.07) is 0. The molecule has 0 aliphatic heterocycles. The molecule has 0 saturated carbocycles. The molecule has 6 nitrogen and oxygen atoms in total. The van der Waals surface area contributed by atoms with Gasteiger partial charge >= 0.3 is 0 Å². The minimum absolute atomic E-state index is 0.655. The molecule has 0 aliphatic carbocycles. The molecule has 0 heterocycles. The van der Waals surface area contributed by atoms with E-state index in [1.54, 1.807) is 0 Å². The zero-order valence-corrected chi connectivity index (χ0v) is 9.64. The predicted octanol–water partition coefficient (Wildman–Crippen LogP) is -1.25. The highest BCUT2D eigenvalue weighted by Crippen LogP contribution is 2.11. The summed E-state index contributed by atoms with van der Waals surface area (Å²) in [7, 11) is -0.573. The summed E-state index contributed by atoms with van der Waals surface area (Å²) in [4.78, 5) is 0. The third-order valence-corrected chi connectivity index (χ3v) is 2.47.